The predicted octanol–water partition coefficient (Wildman–Crippen LogP) is 3.66. The summed E-state index contributed by atoms with van der Waals surface area (Å²) < 4.78 is 41.7. The minimum Gasteiger partial charge on any atom is -0.493 e. The smallest absolute Gasteiger partial charge is 0.416 e. The average Bonchev–Trinajstić information content (AvgIpc) is 2.18. The van der Waals surface area contributed by atoms with Gasteiger partial charge in [0.15, 0.2) is 0 Å². The van der Waals surface area contributed by atoms with Crippen LogP contribution in [0.3, 0.4) is 0 Å². The van der Waals surface area contributed by atoms with Crippen LogP contribution >= 0.6 is 0 Å². The van der Waals surface area contributed by atoms with Gasteiger partial charge in [-0.25, -0.2) is 0 Å². The van der Waals surface area contributed by atoms with Crippen LogP contribution in [0.5, 0.6) is 5.75 Å². The first-order valence-corrected chi connectivity index (χ1v) is 4.45. The van der Waals surface area contributed by atoms with Crippen molar-refractivity contribution in [1.82, 2.24) is 0 Å². The van der Waals surface area contributed by atoms with E-state index in [0.717, 1.165) is 12.1 Å². The molecule has 82 valence electrons. The topological polar surface area (TPSA) is 9.23 Å². The van der Waals surface area contributed by atoms with E-state index in [1.165, 1.54) is 12.1 Å². The summed E-state index contributed by atoms with van der Waals surface area (Å²) in [6.45, 7) is 3.93. The second kappa shape index (κ2) is 4.87. The fraction of sp³-hybridized carbons (Fsp3) is 0.273. The number of hydrogen-bond acceptors (Lipinski definition) is 1. The Morgan fingerprint density at radius 3 is 2.27 bits per heavy atom. The maximum absolute atomic E-state index is 12.2. The lowest BCUT2D eigenvalue weighted by Crippen LogP contribution is -2.04. The number of hydrogen-bond donors (Lipinski definition) is 0. The quantitative estimate of drug-likeness (QED) is 0.551. The molecule has 1 nitrogen and oxygen atoms in total. The number of benzene rings is 1. The van der Waals surface area contributed by atoms with Gasteiger partial charge in [-0.15, -0.1) is 6.58 Å². The molecule has 0 radical (unpaired) electrons. The van der Waals surface area contributed by atoms with Crippen molar-refractivity contribution in [2.75, 3.05) is 6.61 Å². The molecule has 0 spiro atoms. The normalized spacial score (nSPS) is 11.1. The van der Waals surface area contributed by atoms with Crippen molar-refractivity contribution in [3.05, 3.63) is 42.5 Å². The van der Waals surface area contributed by atoms with Gasteiger partial charge in [-0.05, 0) is 30.7 Å². The third-order valence-electron chi connectivity index (χ3n) is 1.77. The molecule has 0 aliphatic carbocycles. The maximum atomic E-state index is 12.2. The Morgan fingerprint density at radius 2 is 1.80 bits per heavy atom. The van der Waals surface area contributed by atoms with E-state index in [1.807, 2.05) is 0 Å². The van der Waals surface area contributed by atoms with Crippen molar-refractivity contribution >= 4 is 0 Å². The number of rotatable bonds is 4. The number of alkyl halides is 3. The predicted molar refractivity (Wildman–Crippen MR) is 51.8 cm³/mol. The van der Waals surface area contributed by atoms with E-state index in [4.69, 9.17) is 4.74 Å². The van der Waals surface area contributed by atoms with Crippen LogP contribution in [0.25, 0.3) is 0 Å². The maximum Gasteiger partial charge on any atom is 0.416 e. The first kappa shape index (κ1) is 11.6. The van der Waals surface area contributed by atoms with E-state index in [1.54, 1.807) is 6.08 Å². The first-order chi connectivity index (χ1) is 7.04. The van der Waals surface area contributed by atoms with Crippen LogP contribution in [0, 0.1) is 0 Å². The molecule has 0 atom stereocenters. The Labute approximate surface area is 86.2 Å². The van der Waals surface area contributed by atoms with E-state index >= 15 is 0 Å². The monoisotopic (exact) mass is 216 g/mol. The molecule has 1 aromatic carbocycles. The Morgan fingerprint density at radius 1 is 1.20 bits per heavy atom. The highest BCUT2D eigenvalue weighted by atomic mass is 19.4. The summed E-state index contributed by atoms with van der Waals surface area (Å²) in [4.78, 5) is 0. The lowest BCUT2D eigenvalue weighted by atomic mass is 10.2. The molecule has 0 aliphatic rings. The molecule has 0 bridgehead atoms. The van der Waals surface area contributed by atoms with Crippen molar-refractivity contribution in [2.45, 2.75) is 12.6 Å². The van der Waals surface area contributed by atoms with Crippen LogP contribution in [0.2, 0.25) is 0 Å². The van der Waals surface area contributed by atoms with Crippen molar-refractivity contribution in [3.8, 4) is 5.75 Å². The van der Waals surface area contributed by atoms with Crippen LogP contribution in [0.15, 0.2) is 36.9 Å². The number of ether oxygens (including phenoxy) is 1. The van der Waals surface area contributed by atoms with Crippen LogP contribution in [0.1, 0.15) is 12.0 Å². The minimum atomic E-state index is -4.29. The van der Waals surface area contributed by atoms with Gasteiger partial charge >= 0.3 is 6.18 Å². The molecule has 0 unspecified atom stereocenters. The fourth-order valence-corrected chi connectivity index (χ4v) is 1.00. The van der Waals surface area contributed by atoms with Crippen molar-refractivity contribution in [3.63, 3.8) is 0 Å². The van der Waals surface area contributed by atoms with Gasteiger partial charge in [0.1, 0.15) is 5.75 Å². The van der Waals surface area contributed by atoms with Crippen molar-refractivity contribution in [2.24, 2.45) is 0 Å². The third-order valence-corrected chi connectivity index (χ3v) is 1.77. The summed E-state index contributed by atoms with van der Waals surface area (Å²) >= 11 is 0. The largest absolute Gasteiger partial charge is 0.493 e. The lowest BCUT2D eigenvalue weighted by Gasteiger charge is -2.08. The molecule has 0 fully saturated rings. The van der Waals surface area contributed by atoms with E-state index in [2.05, 4.69) is 6.58 Å². The summed E-state index contributed by atoms with van der Waals surface area (Å²) in [5, 5.41) is 0. The molecule has 0 saturated carbocycles. The average molecular weight is 216 g/mol. The van der Waals surface area contributed by atoms with E-state index < -0.39 is 11.7 Å². The molecule has 0 N–H and O–H groups in total. The summed E-state index contributed by atoms with van der Waals surface area (Å²) in [6, 6.07) is 4.63. The second-order valence-electron chi connectivity index (χ2n) is 2.95. The molecule has 0 aliphatic heterocycles. The summed E-state index contributed by atoms with van der Waals surface area (Å²) in [5.74, 6) is 0.435. The van der Waals surface area contributed by atoms with Gasteiger partial charge < -0.3 is 4.74 Å². The standard InChI is InChI=1S/C11H11F3O/c1-2-3-8-15-10-6-4-9(5-7-10)11(12,13)14/h2,4-7H,1,3,8H2. The van der Waals surface area contributed by atoms with Gasteiger partial charge in [-0.2, -0.15) is 13.2 Å². The van der Waals surface area contributed by atoms with Gasteiger partial charge in [-0.1, -0.05) is 6.08 Å². The van der Waals surface area contributed by atoms with Gasteiger partial charge in [-0.3, -0.25) is 0 Å². The Kier molecular flexibility index (Phi) is 3.77. The Bertz CT molecular complexity index is 314. The third kappa shape index (κ3) is 3.65. The SMILES string of the molecule is C=CCCOc1ccc(C(F)(F)F)cc1. The molecule has 0 amide bonds. The van der Waals surface area contributed by atoms with E-state index in [0.29, 0.717) is 18.8 Å². The van der Waals surface area contributed by atoms with Crippen LogP contribution in [-0.2, 0) is 6.18 Å². The van der Waals surface area contributed by atoms with Gasteiger partial charge in [0.05, 0.1) is 12.2 Å². The highest BCUT2D eigenvalue weighted by Gasteiger charge is 2.29. The van der Waals surface area contributed by atoms with Gasteiger partial charge in [0.2, 0.25) is 0 Å². The molecule has 0 heterocycles. The molecule has 1 aromatic rings. The minimum absolute atomic E-state index is 0.425. The van der Waals surface area contributed by atoms with E-state index in [9.17, 15) is 13.2 Å². The van der Waals surface area contributed by atoms with Gasteiger partial charge in [0.25, 0.3) is 0 Å². The molecular weight excluding hydrogens is 205 g/mol. The highest BCUT2D eigenvalue weighted by Crippen LogP contribution is 2.30. The highest BCUT2D eigenvalue weighted by molar-refractivity contribution is 5.28. The zero-order valence-electron chi connectivity index (χ0n) is 8.05. The molecule has 1 rings (SSSR count). The van der Waals surface area contributed by atoms with Gasteiger partial charge in [0, 0.05) is 0 Å². The van der Waals surface area contributed by atoms with Crippen molar-refractivity contribution in [1.29, 1.82) is 0 Å². The molecule has 0 saturated heterocycles. The number of halogens is 3. The van der Waals surface area contributed by atoms with Crippen LogP contribution in [0.4, 0.5) is 13.2 Å². The molecule has 0 aromatic heterocycles. The zero-order valence-corrected chi connectivity index (χ0v) is 8.05. The van der Waals surface area contributed by atoms with E-state index in [-0.39, 0.29) is 0 Å². The summed E-state index contributed by atoms with van der Waals surface area (Å²) in [7, 11) is 0. The summed E-state index contributed by atoms with van der Waals surface area (Å²) in [6.07, 6.45) is -1.94. The Balaban J connectivity index is 2.60. The van der Waals surface area contributed by atoms with Crippen LogP contribution in [-0.4, -0.2) is 6.61 Å². The fourth-order valence-electron chi connectivity index (χ4n) is 1.00. The van der Waals surface area contributed by atoms with Crippen LogP contribution < -0.4 is 4.74 Å². The molecule has 15 heavy (non-hydrogen) atoms. The molecule has 4 heteroatoms. The molecular formula is C11H11F3O. The first-order valence-electron chi connectivity index (χ1n) is 4.45. The van der Waals surface area contributed by atoms with Crippen molar-refractivity contribution < 1.29 is 17.9 Å². The Hall–Kier alpha value is -1.45. The lowest BCUT2D eigenvalue weighted by molar-refractivity contribution is -0.137. The summed E-state index contributed by atoms with van der Waals surface area (Å²) in [5.41, 5.74) is -0.668. The second-order valence-corrected chi connectivity index (χ2v) is 2.95. The zero-order chi connectivity index (χ0) is 11.3.